The molecule has 1 N–H and O–H groups in total. The predicted molar refractivity (Wildman–Crippen MR) is 90.9 cm³/mol. The van der Waals surface area contributed by atoms with Crippen LogP contribution < -0.4 is 10.2 Å². The van der Waals surface area contributed by atoms with E-state index < -0.39 is 0 Å². The molecule has 3 heteroatoms. The highest BCUT2D eigenvalue weighted by atomic mass is 15.2. The van der Waals surface area contributed by atoms with E-state index in [9.17, 15) is 0 Å². The molecule has 1 saturated heterocycles. The van der Waals surface area contributed by atoms with Crippen molar-refractivity contribution in [2.75, 3.05) is 24.5 Å². The minimum Gasteiger partial charge on any atom is -0.357 e. The molecule has 0 aliphatic carbocycles. The summed E-state index contributed by atoms with van der Waals surface area (Å²) in [6.45, 7) is 15.5. The fraction of sp³-hybridized carbons (Fsp3) is 0.722. The molecule has 0 bridgehead atoms. The molecule has 2 heterocycles. The van der Waals surface area contributed by atoms with E-state index in [4.69, 9.17) is 4.98 Å². The van der Waals surface area contributed by atoms with Crippen LogP contribution in [0.2, 0.25) is 0 Å². The van der Waals surface area contributed by atoms with E-state index >= 15 is 0 Å². The third-order valence-electron chi connectivity index (χ3n) is 4.50. The second kappa shape index (κ2) is 6.78. The minimum atomic E-state index is 0.478. The number of nitrogens with one attached hydrogen (secondary N) is 1. The van der Waals surface area contributed by atoms with Gasteiger partial charge in [-0.2, -0.15) is 0 Å². The van der Waals surface area contributed by atoms with Gasteiger partial charge in [0, 0.05) is 25.3 Å². The van der Waals surface area contributed by atoms with Crippen molar-refractivity contribution in [3.05, 3.63) is 23.4 Å². The first-order valence-corrected chi connectivity index (χ1v) is 8.38. The molecule has 1 aliphatic heterocycles. The predicted octanol–water partition coefficient (Wildman–Crippen LogP) is 3.94. The summed E-state index contributed by atoms with van der Waals surface area (Å²) < 4.78 is 0. The van der Waals surface area contributed by atoms with Crippen molar-refractivity contribution in [3.63, 3.8) is 0 Å². The Morgan fingerprint density at radius 1 is 1.24 bits per heavy atom. The second-order valence-corrected chi connectivity index (χ2v) is 7.34. The van der Waals surface area contributed by atoms with Gasteiger partial charge < -0.3 is 10.2 Å². The van der Waals surface area contributed by atoms with Gasteiger partial charge in [0.05, 0.1) is 0 Å². The average Bonchev–Trinajstić information content (AvgIpc) is 2.44. The number of nitrogens with zero attached hydrogens (tertiary/aromatic N) is 2. The van der Waals surface area contributed by atoms with Gasteiger partial charge >= 0.3 is 0 Å². The van der Waals surface area contributed by atoms with Gasteiger partial charge in [0.25, 0.3) is 0 Å². The molecule has 1 aliphatic rings. The number of anilines is 1. The van der Waals surface area contributed by atoms with Gasteiger partial charge in [-0.25, -0.2) is 4.98 Å². The summed E-state index contributed by atoms with van der Waals surface area (Å²) in [5.74, 6) is 1.65. The van der Waals surface area contributed by atoms with E-state index in [2.05, 4.69) is 57.0 Å². The van der Waals surface area contributed by atoms with Crippen molar-refractivity contribution >= 4 is 5.82 Å². The quantitative estimate of drug-likeness (QED) is 0.890. The summed E-state index contributed by atoms with van der Waals surface area (Å²) >= 11 is 0. The van der Waals surface area contributed by atoms with Crippen LogP contribution in [0.15, 0.2) is 12.1 Å². The first kappa shape index (κ1) is 16.3. The van der Waals surface area contributed by atoms with E-state index in [1.165, 1.54) is 29.9 Å². The van der Waals surface area contributed by atoms with Crippen LogP contribution in [-0.4, -0.2) is 24.6 Å². The van der Waals surface area contributed by atoms with Gasteiger partial charge in [-0.1, -0.05) is 34.6 Å². The standard InChI is InChI=1S/C18H31N3/c1-6-19-13-15-11-16(14(2)3)20-17(12-15)21-9-7-18(4,5)8-10-21/h11-12,14,19H,6-10,13H2,1-5H3. The molecule has 1 aromatic heterocycles. The maximum Gasteiger partial charge on any atom is 0.129 e. The largest absolute Gasteiger partial charge is 0.357 e. The van der Waals surface area contributed by atoms with Crippen LogP contribution >= 0.6 is 0 Å². The molecule has 0 saturated carbocycles. The van der Waals surface area contributed by atoms with Gasteiger partial charge in [-0.15, -0.1) is 0 Å². The van der Waals surface area contributed by atoms with E-state index in [1.54, 1.807) is 0 Å². The number of hydrogen-bond acceptors (Lipinski definition) is 3. The number of piperidine rings is 1. The van der Waals surface area contributed by atoms with Gasteiger partial charge in [0.15, 0.2) is 0 Å². The Hall–Kier alpha value is -1.09. The molecule has 118 valence electrons. The fourth-order valence-corrected chi connectivity index (χ4v) is 2.76. The Balaban J connectivity index is 2.19. The first-order chi connectivity index (χ1) is 9.91. The molecule has 0 amide bonds. The van der Waals surface area contributed by atoms with Crippen LogP contribution in [0.25, 0.3) is 0 Å². The van der Waals surface area contributed by atoms with Crippen molar-refractivity contribution in [1.82, 2.24) is 10.3 Å². The zero-order valence-corrected chi connectivity index (χ0v) is 14.4. The lowest BCUT2D eigenvalue weighted by atomic mass is 9.83. The third kappa shape index (κ3) is 4.44. The molecule has 1 fully saturated rings. The van der Waals surface area contributed by atoms with Crippen LogP contribution in [0.4, 0.5) is 5.82 Å². The Kier molecular flexibility index (Phi) is 5.26. The maximum atomic E-state index is 4.91. The van der Waals surface area contributed by atoms with Crippen molar-refractivity contribution in [2.24, 2.45) is 5.41 Å². The van der Waals surface area contributed by atoms with Crippen LogP contribution in [0.5, 0.6) is 0 Å². The minimum absolute atomic E-state index is 0.478. The van der Waals surface area contributed by atoms with Gasteiger partial charge in [0.1, 0.15) is 5.82 Å². The lowest BCUT2D eigenvalue weighted by Crippen LogP contribution is -2.38. The Morgan fingerprint density at radius 3 is 2.48 bits per heavy atom. The Labute approximate surface area is 130 Å². The summed E-state index contributed by atoms with van der Waals surface area (Å²) in [7, 11) is 0. The highest BCUT2D eigenvalue weighted by Gasteiger charge is 2.26. The lowest BCUT2D eigenvalue weighted by Gasteiger charge is -2.38. The van der Waals surface area contributed by atoms with E-state index in [0.717, 1.165) is 26.2 Å². The number of aromatic nitrogens is 1. The molecule has 0 aromatic carbocycles. The van der Waals surface area contributed by atoms with E-state index in [-0.39, 0.29) is 0 Å². The van der Waals surface area contributed by atoms with Crippen LogP contribution in [0, 0.1) is 5.41 Å². The summed E-state index contributed by atoms with van der Waals surface area (Å²) in [5.41, 5.74) is 3.05. The molecule has 0 spiro atoms. The second-order valence-electron chi connectivity index (χ2n) is 7.34. The Bertz CT molecular complexity index is 456. The van der Waals surface area contributed by atoms with E-state index in [0.29, 0.717) is 11.3 Å². The average molecular weight is 289 g/mol. The molecule has 21 heavy (non-hydrogen) atoms. The summed E-state index contributed by atoms with van der Waals surface area (Å²) in [6.07, 6.45) is 2.51. The van der Waals surface area contributed by atoms with Gasteiger partial charge in [0.2, 0.25) is 0 Å². The topological polar surface area (TPSA) is 28.2 Å². The Morgan fingerprint density at radius 2 is 1.90 bits per heavy atom. The van der Waals surface area contributed by atoms with Crippen LogP contribution in [0.1, 0.15) is 64.6 Å². The lowest BCUT2D eigenvalue weighted by molar-refractivity contribution is 0.279. The number of rotatable bonds is 5. The fourth-order valence-electron chi connectivity index (χ4n) is 2.76. The molecule has 3 nitrogen and oxygen atoms in total. The normalized spacial score (nSPS) is 18.3. The monoisotopic (exact) mass is 289 g/mol. The highest BCUT2D eigenvalue weighted by molar-refractivity contribution is 5.44. The first-order valence-electron chi connectivity index (χ1n) is 8.38. The van der Waals surface area contributed by atoms with Gasteiger partial charge in [-0.3, -0.25) is 0 Å². The number of pyridine rings is 1. The maximum absolute atomic E-state index is 4.91. The molecular formula is C18H31N3. The molecule has 1 aromatic rings. The van der Waals surface area contributed by atoms with Crippen LogP contribution in [0.3, 0.4) is 0 Å². The molecular weight excluding hydrogens is 258 g/mol. The highest BCUT2D eigenvalue weighted by Crippen LogP contribution is 2.32. The van der Waals surface area contributed by atoms with Crippen molar-refractivity contribution in [1.29, 1.82) is 0 Å². The molecule has 0 radical (unpaired) electrons. The van der Waals surface area contributed by atoms with E-state index in [1.807, 2.05) is 0 Å². The van der Waals surface area contributed by atoms with Crippen molar-refractivity contribution in [2.45, 2.75) is 59.9 Å². The van der Waals surface area contributed by atoms with Crippen LogP contribution in [-0.2, 0) is 6.54 Å². The zero-order chi connectivity index (χ0) is 15.5. The summed E-state index contributed by atoms with van der Waals surface area (Å²) in [4.78, 5) is 7.38. The smallest absolute Gasteiger partial charge is 0.129 e. The third-order valence-corrected chi connectivity index (χ3v) is 4.50. The zero-order valence-electron chi connectivity index (χ0n) is 14.4. The molecule has 2 rings (SSSR count). The van der Waals surface area contributed by atoms with Crippen molar-refractivity contribution < 1.29 is 0 Å². The summed E-state index contributed by atoms with van der Waals surface area (Å²) in [5, 5.41) is 3.43. The number of hydrogen-bond donors (Lipinski definition) is 1. The molecule has 0 unspecified atom stereocenters. The molecule has 0 atom stereocenters. The van der Waals surface area contributed by atoms with Crippen molar-refractivity contribution in [3.8, 4) is 0 Å². The summed E-state index contributed by atoms with van der Waals surface area (Å²) in [6, 6.07) is 4.53. The SMILES string of the molecule is CCNCc1cc(C(C)C)nc(N2CCC(C)(C)CC2)c1. The van der Waals surface area contributed by atoms with Gasteiger partial charge in [-0.05, 0) is 48.4 Å².